The topological polar surface area (TPSA) is 59.1 Å². The molecule has 0 atom stereocenters. The minimum absolute atomic E-state index is 0.0603. The summed E-state index contributed by atoms with van der Waals surface area (Å²) in [7, 11) is -3.80. The predicted molar refractivity (Wildman–Crippen MR) is 90.6 cm³/mol. The molecule has 0 bridgehead atoms. The van der Waals surface area contributed by atoms with Gasteiger partial charge >= 0.3 is 0 Å². The van der Waals surface area contributed by atoms with Crippen LogP contribution in [0.2, 0.25) is 5.15 Å². The van der Waals surface area contributed by atoms with Crippen LogP contribution in [-0.2, 0) is 10.0 Å². The number of aromatic nitrogens is 1. The summed E-state index contributed by atoms with van der Waals surface area (Å²) in [5.74, 6) is 0.845. The van der Waals surface area contributed by atoms with E-state index < -0.39 is 10.0 Å². The number of halogens is 2. The summed E-state index contributed by atoms with van der Waals surface area (Å²) in [6.45, 7) is 2.01. The number of benzene rings is 1. The van der Waals surface area contributed by atoms with Gasteiger partial charge in [-0.3, -0.25) is 4.72 Å². The molecule has 21 heavy (non-hydrogen) atoms. The van der Waals surface area contributed by atoms with Crippen molar-refractivity contribution in [3.63, 3.8) is 0 Å². The van der Waals surface area contributed by atoms with Crippen LogP contribution >= 0.6 is 39.3 Å². The lowest BCUT2D eigenvalue weighted by molar-refractivity contribution is 0.600. The van der Waals surface area contributed by atoms with Gasteiger partial charge in [0, 0.05) is 15.6 Å². The molecule has 0 spiro atoms. The maximum Gasteiger partial charge on any atom is 0.265 e. The van der Waals surface area contributed by atoms with Crippen LogP contribution in [0, 0.1) is 0 Å². The highest BCUT2D eigenvalue weighted by Gasteiger charge is 2.20. The maximum absolute atomic E-state index is 12.5. The Hall–Kier alpha value is -0.760. The molecule has 1 N–H and O–H groups in total. The Morgan fingerprint density at radius 2 is 2.10 bits per heavy atom. The van der Waals surface area contributed by atoms with Crippen molar-refractivity contribution in [2.24, 2.45) is 0 Å². The third kappa shape index (κ3) is 4.12. The fourth-order valence-electron chi connectivity index (χ4n) is 1.62. The van der Waals surface area contributed by atoms with Crippen LogP contribution in [0.1, 0.15) is 6.92 Å². The van der Waals surface area contributed by atoms with Crippen molar-refractivity contribution in [3.8, 4) is 0 Å². The van der Waals surface area contributed by atoms with E-state index in [1.807, 2.05) is 19.1 Å². The molecule has 1 aromatic heterocycles. The molecule has 4 nitrogen and oxygen atoms in total. The summed E-state index contributed by atoms with van der Waals surface area (Å²) >= 11 is 10.6. The number of sulfonamides is 1. The van der Waals surface area contributed by atoms with Crippen LogP contribution in [-0.4, -0.2) is 19.2 Å². The highest BCUT2D eigenvalue weighted by molar-refractivity contribution is 9.10. The van der Waals surface area contributed by atoms with Gasteiger partial charge in [0.15, 0.2) is 0 Å². The van der Waals surface area contributed by atoms with E-state index in [0.29, 0.717) is 10.2 Å². The lowest BCUT2D eigenvalue weighted by atomic mass is 10.3. The lowest BCUT2D eigenvalue weighted by Gasteiger charge is -2.12. The minimum atomic E-state index is -3.80. The number of hydrogen-bond acceptors (Lipinski definition) is 4. The molecule has 0 saturated heterocycles. The second-order valence-corrected chi connectivity index (χ2v) is 8.21. The van der Waals surface area contributed by atoms with E-state index in [1.165, 1.54) is 12.3 Å². The predicted octanol–water partition coefficient (Wildman–Crippen LogP) is 4.41. The standard InChI is InChI=1S/C13H12BrClN2O2S2/c1-2-20-11-6-4-3-5-10(11)17-21(18,19)12-7-9(14)8-16-13(12)15/h3-8,17H,2H2,1H3. The van der Waals surface area contributed by atoms with Gasteiger partial charge in [0.1, 0.15) is 10.0 Å². The summed E-state index contributed by atoms with van der Waals surface area (Å²) in [6.07, 6.45) is 1.45. The number of hydrogen-bond donors (Lipinski definition) is 1. The van der Waals surface area contributed by atoms with E-state index in [1.54, 1.807) is 23.9 Å². The summed E-state index contributed by atoms with van der Waals surface area (Å²) in [4.78, 5) is 4.64. The van der Waals surface area contributed by atoms with Crippen LogP contribution in [0.25, 0.3) is 0 Å². The van der Waals surface area contributed by atoms with E-state index in [9.17, 15) is 8.42 Å². The Balaban J connectivity index is 2.40. The fourth-order valence-corrected chi connectivity index (χ4v) is 4.47. The first kappa shape index (κ1) is 16.6. The molecule has 0 fully saturated rings. The Morgan fingerprint density at radius 3 is 2.81 bits per heavy atom. The second kappa shape index (κ2) is 7.00. The van der Waals surface area contributed by atoms with Crippen LogP contribution in [0.4, 0.5) is 5.69 Å². The minimum Gasteiger partial charge on any atom is -0.278 e. The van der Waals surface area contributed by atoms with Crippen LogP contribution in [0.3, 0.4) is 0 Å². The average molecular weight is 408 g/mol. The zero-order valence-electron chi connectivity index (χ0n) is 11.0. The molecule has 0 aliphatic heterocycles. The monoisotopic (exact) mass is 406 g/mol. The summed E-state index contributed by atoms with van der Waals surface area (Å²) in [5, 5.41) is -0.0636. The van der Waals surface area contributed by atoms with E-state index in [2.05, 4.69) is 25.6 Å². The SMILES string of the molecule is CCSc1ccccc1NS(=O)(=O)c1cc(Br)cnc1Cl. The van der Waals surface area contributed by atoms with Crippen molar-refractivity contribution < 1.29 is 8.42 Å². The number of thioether (sulfide) groups is 1. The fraction of sp³-hybridized carbons (Fsp3) is 0.154. The Morgan fingerprint density at radius 1 is 1.38 bits per heavy atom. The van der Waals surface area contributed by atoms with Crippen LogP contribution < -0.4 is 4.72 Å². The first-order chi connectivity index (χ1) is 9.94. The molecule has 0 aliphatic carbocycles. The van der Waals surface area contributed by atoms with Crippen molar-refractivity contribution in [1.29, 1.82) is 0 Å². The van der Waals surface area contributed by atoms with Gasteiger partial charge in [-0.05, 0) is 39.9 Å². The number of nitrogens with one attached hydrogen (secondary N) is 1. The molecule has 112 valence electrons. The summed E-state index contributed by atoms with van der Waals surface area (Å²) in [5.41, 5.74) is 0.528. The molecule has 8 heteroatoms. The Labute approximate surface area is 141 Å². The zero-order chi connectivity index (χ0) is 15.5. The average Bonchev–Trinajstić information content (AvgIpc) is 2.43. The smallest absolute Gasteiger partial charge is 0.265 e. The third-order valence-corrected chi connectivity index (χ3v) is 5.68. The largest absolute Gasteiger partial charge is 0.278 e. The van der Waals surface area contributed by atoms with Crippen molar-refractivity contribution in [3.05, 3.63) is 46.2 Å². The highest BCUT2D eigenvalue weighted by atomic mass is 79.9. The summed E-state index contributed by atoms with van der Waals surface area (Å²) in [6, 6.07) is 8.65. The number of rotatable bonds is 5. The molecule has 1 heterocycles. The molecule has 2 aromatic rings. The maximum atomic E-state index is 12.5. The van der Waals surface area contributed by atoms with Crippen molar-refractivity contribution in [1.82, 2.24) is 4.98 Å². The molecule has 0 aliphatic rings. The first-order valence-electron chi connectivity index (χ1n) is 5.99. The van der Waals surface area contributed by atoms with Crippen LogP contribution in [0.5, 0.6) is 0 Å². The normalized spacial score (nSPS) is 11.4. The lowest BCUT2D eigenvalue weighted by Crippen LogP contribution is -2.14. The van der Waals surface area contributed by atoms with Gasteiger partial charge in [-0.1, -0.05) is 30.7 Å². The van der Waals surface area contributed by atoms with E-state index in [-0.39, 0.29) is 10.0 Å². The first-order valence-corrected chi connectivity index (χ1v) is 9.63. The molecule has 0 unspecified atom stereocenters. The summed E-state index contributed by atoms with van der Waals surface area (Å²) < 4.78 is 28.0. The number of pyridine rings is 1. The molecule has 2 rings (SSSR count). The quantitative estimate of drug-likeness (QED) is 0.589. The number of nitrogens with zero attached hydrogens (tertiary/aromatic N) is 1. The third-order valence-electron chi connectivity index (χ3n) is 2.49. The Kier molecular flexibility index (Phi) is 5.54. The molecule has 0 amide bonds. The van der Waals surface area contributed by atoms with Gasteiger partial charge in [0.2, 0.25) is 0 Å². The highest BCUT2D eigenvalue weighted by Crippen LogP contribution is 2.30. The Bertz CT molecular complexity index is 754. The zero-order valence-corrected chi connectivity index (χ0v) is 15.0. The van der Waals surface area contributed by atoms with E-state index in [4.69, 9.17) is 11.6 Å². The van der Waals surface area contributed by atoms with Gasteiger partial charge in [-0.15, -0.1) is 11.8 Å². The molecular weight excluding hydrogens is 396 g/mol. The van der Waals surface area contributed by atoms with Crippen LogP contribution in [0.15, 0.2) is 50.8 Å². The number of anilines is 1. The van der Waals surface area contributed by atoms with Crippen molar-refractivity contribution in [2.45, 2.75) is 16.7 Å². The molecule has 0 radical (unpaired) electrons. The number of para-hydroxylation sites is 1. The van der Waals surface area contributed by atoms with Gasteiger partial charge in [-0.2, -0.15) is 0 Å². The second-order valence-electron chi connectivity index (χ2n) is 3.98. The van der Waals surface area contributed by atoms with Gasteiger partial charge < -0.3 is 0 Å². The molecule has 0 saturated carbocycles. The van der Waals surface area contributed by atoms with Crippen molar-refractivity contribution in [2.75, 3.05) is 10.5 Å². The molecular formula is C13H12BrClN2O2S2. The van der Waals surface area contributed by atoms with E-state index in [0.717, 1.165) is 10.6 Å². The van der Waals surface area contributed by atoms with Gasteiger partial charge in [0.25, 0.3) is 10.0 Å². The van der Waals surface area contributed by atoms with Crippen molar-refractivity contribution >= 4 is 55.0 Å². The van der Waals surface area contributed by atoms with Gasteiger partial charge in [0.05, 0.1) is 5.69 Å². The van der Waals surface area contributed by atoms with E-state index >= 15 is 0 Å². The van der Waals surface area contributed by atoms with Gasteiger partial charge in [-0.25, -0.2) is 13.4 Å². The molecule has 1 aromatic carbocycles.